The van der Waals surface area contributed by atoms with E-state index in [1.807, 2.05) is 18.2 Å². The minimum absolute atomic E-state index is 0.130. The van der Waals surface area contributed by atoms with Crippen LogP contribution in [-0.4, -0.2) is 16.8 Å². The summed E-state index contributed by atoms with van der Waals surface area (Å²) < 4.78 is 45.7. The van der Waals surface area contributed by atoms with Crippen LogP contribution in [-0.2, 0) is 12.6 Å². The van der Waals surface area contributed by atoms with Crippen molar-refractivity contribution in [1.29, 1.82) is 0 Å². The Hall–Kier alpha value is -2.41. The highest BCUT2D eigenvalue weighted by Crippen LogP contribution is 2.39. The molecule has 0 aliphatic carbocycles. The van der Waals surface area contributed by atoms with Crippen LogP contribution >= 0.6 is 11.3 Å². The van der Waals surface area contributed by atoms with E-state index in [2.05, 4.69) is 22.3 Å². The van der Waals surface area contributed by atoms with Gasteiger partial charge in [0.05, 0.1) is 12.2 Å². The summed E-state index contributed by atoms with van der Waals surface area (Å²) in [6, 6.07) is 14.4. The minimum Gasteiger partial charge on any atom is -0.493 e. The molecule has 0 atom stereocenters. The normalized spacial score (nSPS) is 11.6. The van der Waals surface area contributed by atoms with E-state index in [1.165, 1.54) is 28.5 Å². The molecule has 0 bridgehead atoms. The summed E-state index contributed by atoms with van der Waals surface area (Å²) in [4.78, 5) is 0. The van der Waals surface area contributed by atoms with Gasteiger partial charge in [0.15, 0.2) is 0 Å². The lowest BCUT2D eigenvalue weighted by Gasteiger charge is -2.15. The Bertz CT molecular complexity index is 868. The Morgan fingerprint density at radius 1 is 0.897 bits per heavy atom. The zero-order valence-corrected chi connectivity index (χ0v) is 16.8. The van der Waals surface area contributed by atoms with Crippen LogP contribution in [0.2, 0.25) is 0 Å². The number of nitrogens with zero attached hydrogens (tertiary/aromatic N) is 2. The predicted molar refractivity (Wildman–Crippen MR) is 109 cm³/mol. The van der Waals surface area contributed by atoms with Gasteiger partial charge < -0.3 is 4.74 Å². The third-order valence-corrected chi connectivity index (χ3v) is 5.34. The number of rotatable bonds is 10. The molecule has 0 saturated heterocycles. The molecule has 154 valence electrons. The summed E-state index contributed by atoms with van der Waals surface area (Å²) in [7, 11) is 0. The van der Waals surface area contributed by atoms with Crippen LogP contribution in [0.25, 0.3) is 10.6 Å². The molecule has 2 aromatic carbocycles. The molecule has 3 nitrogen and oxygen atoms in total. The van der Waals surface area contributed by atoms with Gasteiger partial charge in [-0.25, -0.2) is 0 Å². The zero-order chi connectivity index (χ0) is 20.5. The topological polar surface area (TPSA) is 35.0 Å². The van der Waals surface area contributed by atoms with E-state index in [4.69, 9.17) is 4.74 Å². The second-order valence-corrected chi connectivity index (χ2v) is 7.64. The van der Waals surface area contributed by atoms with Crippen LogP contribution in [0, 0.1) is 0 Å². The Kier molecular flexibility index (Phi) is 7.63. The van der Waals surface area contributed by atoms with E-state index in [0.717, 1.165) is 44.6 Å². The smallest absolute Gasteiger partial charge is 0.419 e. The molecule has 0 amide bonds. The molecule has 0 unspecified atom stereocenters. The third kappa shape index (κ3) is 6.56. The first kappa shape index (κ1) is 21.3. The number of hydrogen-bond acceptors (Lipinski definition) is 4. The maximum Gasteiger partial charge on any atom is 0.419 e. The quantitative estimate of drug-likeness (QED) is 0.339. The number of alkyl halides is 3. The molecular formula is C22H23F3N2OS. The van der Waals surface area contributed by atoms with Gasteiger partial charge in [0.25, 0.3) is 0 Å². The maximum absolute atomic E-state index is 13.4. The van der Waals surface area contributed by atoms with Gasteiger partial charge in [0.2, 0.25) is 0 Å². The maximum atomic E-state index is 13.4. The summed E-state index contributed by atoms with van der Waals surface area (Å²) in [6.07, 6.45) is 1.55. The van der Waals surface area contributed by atoms with Crippen LogP contribution < -0.4 is 4.74 Å². The largest absolute Gasteiger partial charge is 0.493 e. The molecule has 0 aliphatic rings. The molecule has 7 heteroatoms. The van der Waals surface area contributed by atoms with Crippen molar-refractivity contribution in [3.8, 4) is 16.3 Å². The second-order valence-electron chi connectivity index (χ2n) is 6.80. The molecular weight excluding hydrogens is 397 g/mol. The lowest BCUT2D eigenvalue weighted by atomic mass is 10.1. The molecule has 29 heavy (non-hydrogen) atoms. The average molecular weight is 421 g/mol. The number of hydrogen-bond donors (Lipinski definition) is 0. The van der Waals surface area contributed by atoms with E-state index in [-0.39, 0.29) is 12.4 Å². The summed E-state index contributed by atoms with van der Waals surface area (Å²) >= 11 is 1.20. The van der Waals surface area contributed by atoms with Crippen molar-refractivity contribution in [3.63, 3.8) is 0 Å². The van der Waals surface area contributed by atoms with Crippen molar-refractivity contribution in [2.45, 2.75) is 44.7 Å². The van der Waals surface area contributed by atoms with Gasteiger partial charge in [0.1, 0.15) is 16.3 Å². The molecule has 0 spiro atoms. The fraction of sp³-hybridized carbons (Fsp3) is 0.364. The summed E-state index contributed by atoms with van der Waals surface area (Å²) in [5.74, 6) is -0.130. The minimum atomic E-state index is -4.48. The molecule has 1 aromatic heterocycles. The van der Waals surface area contributed by atoms with Crippen LogP contribution in [0.1, 0.15) is 43.2 Å². The van der Waals surface area contributed by atoms with Crippen molar-refractivity contribution >= 4 is 11.3 Å². The Morgan fingerprint density at radius 3 is 2.38 bits per heavy atom. The molecule has 0 radical (unpaired) electrons. The van der Waals surface area contributed by atoms with Gasteiger partial charge in [-0.15, -0.1) is 10.2 Å². The van der Waals surface area contributed by atoms with Gasteiger partial charge in [-0.2, -0.15) is 13.2 Å². The molecule has 1 heterocycles. The fourth-order valence-electron chi connectivity index (χ4n) is 3.10. The molecule has 3 aromatic rings. The van der Waals surface area contributed by atoms with Crippen molar-refractivity contribution in [2.75, 3.05) is 6.61 Å². The first-order chi connectivity index (χ1) is 14.0. The molecule has 0 fully saturated rings. The highest BCUT2D eigenvalue weighted by atomic mass is 32.1. The summed E-state index contributed by atoms with van der Waals surface area (Å²) in [5, 5.41) is 7.96. The van der Waals surface area contributed by atoms with Crippen LogP contribution in [0.4, 0.5) is 13.2 Å². The molecule has 0 aliphatic heterocycles. The van der Waals surface area contributed by atoms with Gasteiger partial charge >= 0.3 is 6.18 Å². The van der Waals surface area contributed by atoms with E-state index in [1.54, 1.807) is 6.07 Å². The van der Waals surface area contributed by atoms with E-state index < -0.39 is 11.7 Å². The number of unbranched alkanes of at least 4 members (excludes halogenated alkanes) is 4. The van der Waals surface area contributed by atoms with E-state index in [9.17, 15) is 13.2 Å². The number of ether oxygens (including phenoxy) is 1. The Morgan fingerprint density at radius 2 is 1.66 bits per heavy atom. The number of halogens is 3. The Balaban J connectivity index is 1.43. The Labute approximate surface area is 172 Å². The monoisotopic (exact) mass is 420 g/mol. The van der Waals surface area contributed by atoms with Crippen molar-refractivity contribution in [1.82, 2.24) is 10.2 Å². The van der Waals surface area contributed by atoms with Crippen molar-refractivity contribution in [2.24, 2.45) is 0 Å². The fourth-order valence-corrected chi connectivity index (χ4v) is 3.65. The van der Waals surface area contributed by atoms with Crippen molar-refractivity contribution < 1.29 is 17.9 Å². The second kappa shape index (κ2) is 10.4. The highest BCUT2D eigenvalue weighted by molar-refractivity contribution is 7.12. The molecule has 0 N–H and O–H groups in total. The standard InChI is InChI=1S/C22H23F3N2OS/c23-22(24,25)19-15-18(21-27-26-16-29-21)12-13-20(19)28-14-8-3-1-2-5-9-17-10-6-4-7-11-17/h4,6-7,10-13,15-16H,1-3,5,8-9,14H2. The van der Waals surface area contributed by atoms with Gasteiger partial charge in [-0.3, -0.25) is 0 Å². The van der Waals surface area contributed by atoms with Gasteiger partial charge in [-0.05, 0) is 43.0 Å². The number of aromatic nitrogens is 2. The van der Waals surface area contributed by atoms with E-state index >= 15 is 0 Å². The first-order valence-electron chi connectivity index (χ1n) is 9.68. The summed E-state index contributed by atoms with van der Waals surface area (Å²) in [5.41, 5.74) is 2.46. The molecule has 3 rings (SSSR count). The average Bonchev–Trinajstić information content (AvgIpc) is 3.25. The van der Waals surface area contributed by atoms with Crippen LogP contribution in [0.3, 0.4) is 0 Å². The molecule has 0 saturated carbocycles. The van der Waals surface area contributed by atoms with Crippen LogP contribution in [0.5, 0.6) is 5.75 Å². The SMILES string of the molecule is FC(F)(F)c1cc(-c2nncs2)ccc1OCCCCCCCc1ccccc1. The lowest BCUT2D eigenvalue weighted by Crippen LogP contribution is -2.09. The van der Waals surface area contributed by atoms with E-state index in [0.29, 0.717) is 10.6 Å². The van der Waals surface area contributed by atoms with Gasteiger partial charge in [0, 0.05) is 5.56 Å². The predicted octanol–water partition coefficient (Wildman–Crippen LogP) is 6.80. The van der Waals surface area contributed by atoms with Gasteiger partial charge in [-0.1, -0.05) is 60.9 Å². The zero-order valence-electron chi connectivity index (χ0n) is 16.0. The van der Waals surface area contributed by atoms with Crippen LogP contribution in [0.15, 0.2) is 54.0 Å². The highest BCUT2D eigenvalue weighted by Gasteiger charge is 2.35. The van der Waals surface area contributed by atoms with Crippen molar-refractivity contribution in [3.05, 3.63) is 65.2 Å². The first-order valence-corrected chi connectivity index (χ1v) is 10.6. The lowest BCUT2D eigenvalue weighted by molar-refractivity contribution is -0.138. The number of benzene rings is 2. The third-order valence-electron chi connectivity index (χ3n) is 4.60. The number of aryl methyl sites for hydroxylation is 1. The summed E-state index contributed by atoms with van der Waals surface area (Å²) in [6.45, 7) is 0.278.